The predicted molar refractivity (Wildman–Crippen MR) is 68.6 cm³/mol. The van der Waals surface area contributed by atoms with Gasteiger partial charge in [0.25, 0.3) is 0 Å². The first-order valence-corrected chi connectivity index (χ1v) is 6.22. The van der Waals surface area contributed by atoms with Crippen molar-refractivity contribution in [2.75, 3.05) is 18.0 Å². The number of H-pyrrole nitrogens is 1. The van der Waals surface area contributed by atoms with Crippen LogP contribution in [0.15, 0.2) is 12.4 Å². The number of rotatable bonds is 2. The average Bonchev–Trinajstić information content (AvgIpc) is 3.02. The molecule has 1 aliphatic heterocycles. The van der Waals surface area contributed by atoms with Crippen LogP contribution in [-0.4, -0.2) is 43.6 Å². The number of aromatic amines is 1. The highest BCUT2D eigenvalue weighted by molar-refractivity contribution is 5.45. The molecule has 1 saturated heterocycles. The van der Waals surface area contributed by atoms with Crippen LogP contribution in [0.3, 0.4) is 0 Å². The van der Waals surface area contributed by atoms with Gasteiger partial charge in [0.2, 0.25) is 0 Å². The van der Waals surface area contributed by atoms with Crippen molar-refractivity contribution in [1.29, 1.82) is 0 Å². The molecule has 100 valence electrons. The van der Waals surface area contributed by atoms with E-state index in [1.807, 2.05) is 18.7 Å². The molecule has 0 radical (unpaired) electrons. The lowest BCUT2D eigenvalue weighted by Gasteiger charge is -2.22. The van der Waals surface area contributed by atoms with Crippen molar-refractivity contribution >= 4 is 5.82 Å². The summed E-state index contributed by atoms with van der Waals surface area (Å²) >= 11 is 0. The van der Waals surface area contributed by atoms with Crippen LogP contribution in [-0.2, 0) is 5.60 Å². The van der Waals surface area contributed by atoms with E-state index in [4.69, 9.17) is 0 Å². The quantitative estimate of drug-likeness (QED) is 0.807. The van der Waals surface area contributed by atoms with Gasteiger partial charge >= 0.3 is 0 Å². The molecule has 1 unspecified atom stereocenters. The highest BCUT2D eigenvalue weighted by Gasteiger charge is 2.40. The second kappa shape index (κ2) is 4.27. The van der Waals surface area contributed by atoms with E-state index in [9.17, 15) is 5.11 Å². The van der Waals surface area contributed by atoms with Crippen molar-refractivity contribution in [2.45, 2.75) is 25.9 Å². The maximum Gasteiger partial charge on any atom is 0.150 e. The molecule has 0 spiro atoms. The number of β-amino-alcohol motifs (C(OH)–C–C–N with tert-alkyl or cyclic N) is 1. The second-order valence-corrected chi connectivity index (χ2v) is 4.98. The van der Waals surface area contributed by atoms with Gasteiger partial charge in [-0.1, -0.05) is 0 Å². The van der Waals surface area contributed by atoms with E-state index >= 15 is 0 Å². The molecule has 2 aromatic rings. The number of aromatic nitrogens is 5. The van der Waals surface area contributed by atoms with Gasteiger partial charge in [0.15, 0.2) is 0 Å². The molecule has 1 fully saturated rings. The molecule has 3 heterocycles. The van der Waals surface area contributed by atoms with E-state index in [1.165, 1.54) is 0 Å². The molecule has 2 N–H and O–H groups in total. The van der Waals surface area contributed by atoms with Gasteiger partial charge in [-0.25, -0.2) is 4.98 Å². The largest absolute Gasteiger partial charge is 0.381 e. The number of aryl methyl sites for hydroxylation is 2. The number of nitrogens with zero attached hydrogens (tertiary/aromatic N) is 5. The molecule has 0 saturated carbocycles. The van der Waals surface area contributed by atoms with Crippen LogP contribution in [0.2, 0.25) is 0 Å². The molecule has 1 atom stereocenters. The first-order chi connectivity index (χ1) is 9.08. The highest BCUT2D eigenvalue weighted by atomic mass is 16.3. The van der Waals surface area contributed by atoms with Crippen molar-refractivity contribution in [3.63, 3.8) is 0 Å². The number of hydrogen-bond donors (Lipinski definition) is 2. The van der Waals surface area contributed by atoms with Crippen LogP contribution in [0.4, 0.5) is 5.82 Å². The minimum Gasteiger partial charge on any atom is -0.381 e. The van der Waals surface area contributed by atoms with Gasteiger partial charge in [-0.3, -0.25) is 4.98 Å². The standard InChI is InChI=1S/C12H16N6O/c1-8-5-13-9(2)11(15-8)18-4-3-12(19,7-18)10-6-14-17-16-10/h5-6,19H,3-4,7H2,1-2H3,(H,14,16,17). The predicted octanol–water partition coefficient (Wildman–Crippen LogP) is 0.309. The Morgan fingerprint density at radius 2 is 2.21 bits per heavy atom. The summed E-state index contributed by atoms with van der Waals surface area (Å²) in [5, 5.41) is 20.9. The van der Waals surface area contributed by atoms with Crippen LogP contribution in [0.25, 0.3) is 0 Å². The van der Waals surface area contributed by atoms with Crippen molar-refractivity contribution < 1.29 is 5.11 Å². The van der Waals surface area contributed by atoms with Gasteiger partial charge in [-0.05, 0) is 13.8 Å². The van der Waals surface area contributed by atoms with E-state index in [2.05, 4.69) is 25.4 Å². The first-order valence-electron chi connectivity index (χ1n) is 6.22. The molecule has 0 amide bonds. The molecule has 2 aromatic heterocycles. The zero-order valence-electron chi connectivity index (χ0n) is 11.0. The summed E-state index contributed by atoms with van der Waals surface area (Å²) in [6, 6.07) is 0. The Hall–Kier alpha value is -2.02. The van der Waals surface area contributed by atoms with E-state index in [0.717, 1.165) is 23.8 Å². The van der Waals surface area contributed by atoms with Crippen LogP contribution in [0.5, 0.6) is 0 Å². The fraction of sp³-hybridized carbons (Fsp3) is 0.500. The zero-order chi connectivity index (χ0) is 13.5. The van der Waals surface area contributed by atoms with E-state index in [0.29, 0.717) is 18.7 Å². The molecule has 0 bridgehead atoms. The Morgan fingerprint density at radius 3 is 2.95 bits per heavy atom. The minimum absolute atomic E-state index is 0.457. The van der Waals surface area contributed by atoms with Crippen molar-refractivity contribution in [3.8, 4) is 0 Å². The van der Waals surface area contributed by atoms with Gasteiger partial charge in [0.1, 0.15) is 17.1 Å². The second-order valence-electron chi connectivity index (χ2n) is 4.98. The van der Waals surface area contributed by atoms with Gasteiger partial charge in [-0.2, -0.15) is 15.4 Å². The summed E-state index contributed by atoms with van der Waals surface area (Å²) in [6.45, 7) is 5.02. The molecule has 7 heteroatoms. The SMILES string of the molecule is Cc1cnc(C)c(N2CCC(O)(c3cn[nH]n3)C2)n1. The van der Waals surface area contributed by atoms with Gasteiger partial charge in [0, 0.05) is 19.2 Å². The average molecular weight is 260 g/mol. The maximum atomic E-state index is 10.6. The van der Waals surface area contributed by atoms with Crippen molar-refractivity contribution in [1.82, 2.24) is 25.4 Å². The Bertz CT molecular complexity index is 584. The third-order valence-electron chi connectivity index (χ3n) is 3.49. The van der Waals surface area contributed by atoms with Gasteiger partial charge < -0.3 is 10.0 Å². The van der Waals surface area contributed by atoms with Crippen LogP contribution in [0, 0.1) is 13.8 Å². The number of aliphatic hydroxyl groups is 1. The monoisotopic (exact) mass is 260 g/mol. The lowest BCUT2D eigenvalue weighted by atomic mass is 10.0. The Kier molecular flexibility index (Phi) is 2.70. The third-order valence-corrected chi connectivity index (χ3v) is 3.49. The van der Waals surface area contributed by atoms with Crippen LogP contribution in [0.1, 0.15) is 23.5 Å². The van der Waals surface area contributed by atoms with Crippen molar-refractivity contribution in [3.05, 3.63) is 29.5 Å². The van der Waals surface area contributed by atoms with E-state index in [1.54, 1.807) is 12.4 Å². The van der Waals surface area contributed by atoms with E-state index in [-0.39, 0.29) is 0 Å². The summed E-state index contributed by atoms with van der Waals surface area (Å²) in [4.78, 5) is 10.9. The molecular formula is C12H16N6O. The number of hydrogen-bond acceptors (Lipinski definition) is 6. The Morgan fingerprint density at radius 1 is 1.37 bits per heavy atom. The molecule has 0 aromatic carbocycles. The molecule has 7 nitrogen and oxygen atoms in total. The van der Waals surface area contributed by atoms with E-state index < -0.39 is 5.60 Å². The fourth-order valence-electron chi connectivity index (χ4n) is 2.43. The lowest BCUT2D eigenvalue weighted by Crippen LogP contribution is -2.32. The summed E-state index contributed by atoms with van der Waals surface area (Å²) < 4.78 is 0. The maximum absolute atomic E-state index is 10.6. The van der Waals surface area contributed by atoms with Gasteiger partial charge in [-0.15, -0.1) is 0 Å². The topological polar surface area (TPSA) is 90.8 Å². The summed E-state index contributed by atoms with van der Waals surface area (Å²) in [7, 11) is 0. The lowest BCUT2D eigenvalue weighted by molar-refractivity contribution is 0.0559. The number of nitrogens with one attached hydrogen (secondary N) is 1. The first kappa shape index (κ1) is 12.0. The summed E-state index contributed by atoms with van der Waals surface area (Å²) in [5.74, 6) is 0.833. The van der Waals surface area contributed by atoms with Crippen LogP contribution < -0.4 is 4.90 Å². The summed E-state index contributed by atoms with van der Waals surface area (Å²) in [6.07, 6.45) is 3.92. The molecule has 0 aliphatic carbocycles. The zero-order valence-corrected chi connectivity index (χ0v) is 11.0. The Balaban J connectivity index is 1.88. The minimum atomic E-state index is -0.967. The third kappa shape index (κ3) is 2.06. The fourth-order valence-corrected chi connectivity index (χ4v) is 2.43. The normalized spacial score (nSPS) is 23.0. The van der Waals surface area contributed by atoms with Gasteiger partial charge in [0.05, 0.1) is 24.1 Å². The smallest absolute Gasteiger partial charge is 0.150 e. The molecule has 19 heavy (non-hydrogen) atoms. The molecule has 3 rings (SSSR count). The Labute approximate surface area is 110 Å². The van der Waals surface area contributed by atoms with Crippen molar-refractivity contribution in [2.24, 2.45) is 0 Å². The highest BCUT2D eigenvalue weighted by Crippen LogP contribution is 2.33. The molecule has 1 aliphatic rings. The molecular weight excluding hydrogens is 244 g/mol. The summed E-state index contributed by atoms with van der Waals surface area (Å²) in [5.41, 5.74) is 1.35. The van der Waals surface area contributed by atoms with Crippen LogP contribution >= 0.6 is 0 Å². The number of anilines is 1.